The maximum absolute atomic E-state index is 12.2. The van der Waals surface area contributed by atoms with Crippen LogP contribution >= 0.6 is 0 Å². The normalized spacial score (nSPS) is 18.1. The third kappa shape index (κ3) is 4.37. The fourth-order valence-electron chi connectivity index (χ4n) is 2.67. The maximum atomic E-state index is 12.2. The standard InChI is InChI=1S/C14H26N2O4/c1-2-16(10-7-11-17)13(20)15-14(12(18)19)8-5-3-4-6-9-14/h17H,2-11H2,1H3,(H,15,20)(H,18,19). The Bertz CT molecular complexity index is 325. The molecule has 0 aromatic heterocycles. The van der Waals surface area contributed by atoms with Gasteiger partial charge >= 0.3 is 12.0 Å². The van der Waals surface area contributed by atoms with Crippen molar-refractivity contribution in [1.29, 1.82) is 0 Å². The van der Waals surface area contributed by atoms with Crippen LogP contribution in [0.3, 0.4) is 0 Å². The highest BCUT2D eigenvalue weighted by Gasteiger charge is 2.40. The average molecular weight is 286 g/mol. The van der Waals surface area contributed by atoms with Gasteiger partial charge in [-0.3, -0.25) is 0 Å². The first kappa shape index (κ1) is 16.8. The molecule has 0 aromatic rings. The highest BCUT2D eigenvalue weighted by Crippen LogP contribution is 2.27. The van der Waals surface area contributed by atoms with Crippen molar-refractivity contribution in [3.63, 3.8) is 0 Å². The topological polar surface area (TPSA) is 89.9 Å². The van der Waals surface area contributed by atoms with E-state index >= 15 is 0 Å². The lowest BCUT2D eigenvalue weighted by atomic mass is 9.90. The molecule has 0 spiro atoms. The van der Waals surface area contributed by atoms with Crippen molar-refractivity contribution >= 4 is 12.0 Å². The minimum Gasteiger partial charge on any atom is -0.480 e. The van der Waals surface area contributed by atoms with E-state index in [1.165, 1.54) is 0 Å². The molecule has 2 amide bonds. The molecule has 0 heterocycles. The number of carboxylic acid groups (broad SMARTS) is 1. The third-order valence-corrected chi connectivity index (χ3v) is 3.97. The smallest absolute Gasteiger partial charge is 0.329 e. The summed E-state index contributed by atoms with van der Waals surface area (Å²) < 4.78 is 0. The molecule has 1 aliphatic rings. The van der Waals surface area contributed by atoms with Gasteiger partial charge in [-0.2, -0.15) is 0 Å². The predicted molar refractivity (Wildman–Crippen MR) is 75.6 cm³/mol. The first-order valence-electron chi connectivity index (χ1n) is 7.47. The monoisotopic (exact) mass is 286 g/mol. The van der Waals surface area contributed by atoms with E-state index in [2.05, 4.69) is 5.32 Å². The first-order valence-corrected chi connectivity index (χ1v) is 7.47. The van der Waals surface area contributed by atoms with Crippen LogP contribution in [0.25, 0.3) is 0 Å². The van der Waals surface area contributed by atoms with Gasteiger partial charge in [-0.1, -0.05) is 25.7 Å². The molecule has 1 rings (SSSR count). The minimum atomic E-state index is -1.12. The zero-order valence-electron chi connectivity index (χ0n) is 12.2. The predicted octanol–water partition coefficient (Wildman–Crippen LogP) is 1.58. The number of carboxylic acids is 1. The number of amides is 2. The second-order valence-electron chi connectivity index (χ2n) is 5.39. The molecule has 20 heavy (non-hydrogen) atoms. The number of hydrogen-bond donors (Lipinski definition) is 3. The number of aliphatic hydroxyl groups excluding tert-OH is 1. The SMILES string of the molecule is CCN(CCCO)C(=O)NC1(C(=O)O)CCCCCC1. The average Bonchev–Trinajstić information content (AvgIpc) is 2.66. The van der Waals surface area contributed by atoms with Crippen LogP contribution in [0.15, 0.2) is 0 Å². The van der Waals surface area contributed by atoms with E-state index in [1.54, 1.807) is 4.90 Å². The largest absolute Gasteiger partial charge is 0.480 e. The van der Waals surface area contributed by atoms with E-state index in [0.29, 0.717) is 32.4 Å². The van der Waals surface area contributed by atoms with Gasteiger partial charge < -0.3 is 20.4 Å². The Kier molecular flexibility index (Phi) is 6.78. The molecule has 0 atom stereocenters. The number of hydrogen-bond acceptors (Lipinski definition) is 3. The molecule has 1 fully saturated rings. The molecule has 0 aliphatic heterocycles. The summed E-state index contributed by atoms with van der Waals surface area (Å²) in [7, 11) is 0. The molecule has 0 aromatic carbocycles. The lowest BCUT2D eigenvalue weighted by molar-refractivity contribution is -0.145. The maximum Gasteiger partial charge on any atom is 0.329 e. The van der Waals surface area contributed by atoms with Crippen molar-refractivity contribution < 1.29 is 19.8 Å². The van der Waals surface area contributed by atoms with E-state index in [4.69, 9.17) is 5.11 Å². The lowest BCUT2D eigenvalue weighted by Gasteiger charge is -2.32. The quantitative estimate of drug-likeness (QED) is 0.647. The van der Waals surface area contributed by atoms with E-state index in [9.17, 15) is 14.7 Å². The van der Waals surface area contributed by atoms with Crippen LogP contribution < -0.4 is 5.32 Å². The molecule has 0 saturated heterocycles. The Morgan fingerprint density at radius 2 is 1.80 bits per heavy atom. The zero-order chi connectivity index (χ0) is 15.0. The molecule has 0 radical (unpaired) electrons. The molecule has 6 heteroatoms. The molecule has 6 nitrogen and oxygen atoms in total. The number of nitrogens with one attached hydrogen (secondary N) is 1. The second-order valence-corrected chi connectivity index (χ2v) is 5.39. The van der Waals surface area contributed by atoms with Gasteiger partial charge in [0.25, 0.3) is 0 Å². The summed E-state index contributed by atoms with van der Waals surface area (Å²) in [5, 5.41) is 21.1. The summed E-state index contributed by atoms with van der Waals surface area (Å²) >= 11 is 0. The Balaban J connectivity index is 2.73. The van der Waals surface area contributed by atoms with E-state index in [-0.39, 0.29) is 12.6 Å². The fraction of sp³-hybridized carbons (Fsp3) is 0.857. The van der Waals surface area contributed by atoms with Crippen LogP contribution in [0.5, 0.6) is 0 Å². The van der Waals surface area contributed by atoms with E-state index in [0.717, 1.165) is 25.7 Å². The third-order valence-electron chi connectivity index (χ3n) is 3.97. The van der Waals surface area contributed by atoms with Crippen LogP contribution in [-0.4, -0.2) is 52.3 Å². The highest BCUT2D eigenvalue weighted by molar-refractivity contribution is 5.86. The van der Waals surface area contributed by atoms with Crippen molar-refractivity contribution in [3.8, 4) is 0 Å². The molecule has 1 saturated carbocycles. The Labute approximate surface area is 120 Å². The Morgan fingerprint density at radius 3 is 2.25 bits per heavy atom. The summed E-state index contributed by atoms with van der Waals surface area (Å²) in [6, 6.07) is -0.342. The van der Waals surface area contributed by atoms with Crippen LogP contribution in [0, 0.1) is 0 Å². The molecule has 0 bridgehead atoms. The summed E-state index contributed by atoms with van der Waals surface area (Å²) in [6.07, 6.45) is 5.18. The summed E-state index contributed by atoms with van der Waals surface area (Å²) in [4.78, 5) is 25.4. The van der Waals surface area contributed by atoms with E-state index < -0.39 is 11.5 Å². The summed E-state index contributed by atoms with van der Waals surface area (Å²) in [6.45, 7) is 2.81. The zero-order valence-corrected chi connectivity index (χ0v) is 12.2. The molecule has 3 N–H and O–H groups in total. The van der Waals surface area contributed by atoms with Gasteiger partial charge in [0.2, 0.25) is 0 Å². The number of rotatable bonds is 6. The van der Waals surface area contributed by atoms with Crippen molar-refractivity contribution in [2.24, 2.45) is 0 Å². The van der Waals surface area contributed by atoms with Crippen LogP contribution in [0.2, 0.25) is 0 Å². The van der Waals surface area contributed by atoms with Crippen LogP contribution in [-0.2, 0) is 4.79 Å². The number of aliphatic carboxylic acids is 1. The van der Waals surface area contributed by atoms with Gasteiger partial charge in [-0.05, 0) is 26.2 Å². The van der Waals surface area contributed by atoms with Crippen LogP contribution in [0.4, 0.5) is 4.79 Å². The molecular formula is C14H26N2O4. The van der Waals surface area contributed by atoms with Crippen LogP contribution in [0.1, 0.15) is 51.9 Å². The second kappa shape index (κ2) is 8.09. The van der Waals surface area contributed by atoms with Gasteiger partial charge in [0.15, 0.2) is 0 Å². The highest BCUT2D eigenvalue weighted by atomic mass is 16.4. The summed E-state index contributed by atoms with van der Waals surface area (Å²) in [5.41, 5.74) is -1.12. The molecule has 0 unspecified atom stereocenters. The van der Waals surface area contributed by atoms with Crippen molar-refractivity contribution in [1.82, 2.24) is 10.2 Å². The number of aliphatic hydroxyl groups is 1. The van der Waals surface area contributed by atoms with Crippen molar-refractivity contribution in [2.45, 2.75) is 57.4 Å². The minimum absolute atomic E-state index is 0.0217. The van der Waals surface area contributed by atoms with Gasteiger partial charge in [0, 0.05) is 19.7 Å². The summed E-state index contributed by atoms with van der Waals surface area (Å²) in [5.74, 6) is -0.939. The van der Waals surface area contributed by atoms with Gasteiger partial charge in [-0.15, -0.1) is 0 Å². The lowest BCUT2D eigenvalue weighted by Crippen LogP contribution is -2.57. The fourth-order valence-corrected chi connectivity index (χ4v) is 2.67. The molecular weight excluding hydrogens is 260 g/mol. The molecule has 1 aliphatic carbocycles. The van der Waals surface area contributed by atoms with E-state index in [1.807, 2.05) is 6.92 Å². The number of carbonyl (C=O) groups excluding carboxylic acids is 1. The van der Waals surface area contributed by atoms with Gasteiger partial charge in [0.1, 0.15) is 5.54 Å². The molecule has 116 valence electrons. The Hall–Kier alpha value is -1.30. The van der Waals surface area contributed by atoms with Gasteiger partial charge in [-0.25, -0.2) is 9.59 Å². The van der Waals surface area contributed by atoms with Crippen molar-refractivity contribution in [3.05, 3.63) is 0 Å². The number of nitrogens with zero attached hydrogens (tertiary/aromatic N) is 1. The number of urea groups is 1. The van der Waals surface area contributed by atoms with Crippen molar-refractivity contribution in [2.75, 3.05) is 19.7 Å². The first-order chi connectivity index (χ1) is 9.55. The Morgan fingerprint density at radius 1 is 1.20 bits per heavy atom. The number of carbonyl (C=O) groups is 2. The van der Waals surface area contributed by atoms with Gasteiger partial charge in [0.05, 0.1) is 0 Å².